The largest absolute Gasteiger partial charge is 0.489 e. The molecule has 19 heavy (non-hydrogen) atoms. The van der Waals surface area contributed by atoms with E-state index < -0.39 is 0 Å². The molecule has 0 saturated carbocycles. The summed E-state index contributed by atoms with van der Waals surface area (Å²) in [6.07, 6.45) is 1.79. The molecule has 0 unspecified atom stereocenters. The molecule has 1 aromatic heterocycles. The molecular formula is C16H12ClNO. The van der Waals surface area contributed by atoms with Crippen LogP contribution in [0.15, 0.2) is 60.8 Å². The van der Waals surface area contributed by atoms with Gasteiger partial charge in [0, 0.05) is 16.6 Å². The molecule has 0 spiro atoms. The Bertz CT molecular complexity index is 694. The van der Waals surface area contributed by atoms with Crippen LogP contribution in [0.25, 0.3) is 10.9 Å². The highest BCUT2D eigenvalue weighted by Crippen LogP contribution is 2.20. The zero-order chi connectivity index (χ0) is 13.1. The van der Waals surface area contributed by atoms with Crippen LogP contribution in [0.4, 0.5) is 0 Å². The average molecular weight is 270 g/mol. The molecular weight excluding hydrogens is 258 g/mol. The highest BCUT2D eigenvalue weighted by atomic mass is 35.5. The Morgan fingerprint density at radius 3 is 2.68 bits per heavy atom. The van der Waals surface area contributed by atoms with E-state index in [1.54, 1.807) is 6.20 Å². The minimum atomic E-state index is 0.531. The SMILES string of the molecule is Clc1ccc(COc2ccc3ncccc3c2)cc1. The van der Waals surface area contributed by atoms with Crippen LogP contribution in [0.5, 0.6) is 5.75 Å². The normalized spacial score (nSPS) is 10.6. The van der Waals surface area contributed by atoms with Crippen molar-refractivity contribution in [1.82, 2.24) is 4.98 Å². The Kier molecular flexibility index (Phi) is 3.34. The summed E-state index contributed by atoms with van der Waals surface area (Å²) >= 11 is 5.85. The molecule has 1 heterocycles. The summed E-state index contributed by atoms with van der Waals surface area (Å²) in [5.41, 5.74) is 2.07. The van der Waals surface area contributed by atoms with Crippen LogP contribution in [0.2, 0.25) is 5.02 Å². The van der Waals surface area contributed by atoms with Crippen molar-refractivity contribution in [2.45, 2.75) is 6.61 Å². The van der Waals surface area contributed by atoms with Crippen molar-refractivity contribution < 1.29 is 4.74 Å². The molecule has 3 aromatic rings. The van der Waals surface area contributed by atoms with Gasteiger partial charge < -0.3 is 4.74 Å². The molecule has 3 heteroatoms. The predicted molar refractivity (Wildman–Crippen MR) is 77.5 cm³/mol. The number of halogens is 1. The summed E-state index contributed by atoms with van der Waals surface area (Å²) in [6, 6.07) is 17.5. The Balaban J connectivity index is 1.76. The summed E-state index contributed by atoms with van der Waals surface area (Å²) in [5.74, 6) is 0.843. The molecule has 3 rings (SSSR count). The van der Waals surface area contributed by atoms with Gasteiger partial charge in [0.25, 0.3) is 0 Å². The van der Waals surface area contributed by atoms with Gasteiger partial charge in [-0.05, 0) is 42.0 Å². The van der Waals surface area contributed by atoms with Crippen LogP contribution in [-0.2, 0) is 6.61 Å². The Hall–Kier alpha value is -2.06. The lowest BCUT2D eigenvalue weighted by Crippen LogP contribution is -1.95. The lowest BCUT2D eigenvalue weighted by molar-refractivity contribution is 0.306. The molecule has 0 fully saturated rings. The van der Waals surface area contributed by atoms with Crippen LogP contribution >= 0.6 is 11.6 Å². The summed E-state index contributed by atoms with van der Waals surface area (Å²) in [5, 5.41) is 1.82. The number of ether oxygens (including phenoxy) is 1. The first-order valence-corrected chi connectivity index (χ1v) is 6.41. The van der Waals surface area contributed by atoms with Crippen molar-refractivity contribution in [2.75, 3.05) is 0 Å². The summed E-state index contributed by atoms with van der Waals surface area (Å²) in [7, 11) is 0. The van der Waals surface area contributed by atoms with Crippen LogP contribution < -0.4 is 4.74 Å². The molecule has 0 atom stereocenters. The minimum Gasteiger partial charge on any atom is -0.489 e. The van der Waals surface area contributed by atoms with E-state index in [2.05, 4.69) is 4.98 Å². The third kappa shape index (κ3) is 2.85. The summed E-state index contributed by atoms with van der Waals surface area (Å²) in [4.78, 5) is 4.28. The lowest BCUT2D eigenvalue weighted by Gasteiger charge is -2.07. The average Bonchev–Trinajstić information content (AvgIpc) is 2.46. The Morgan fingerprint density at radius 2 is 1.84 bits per heavy atom. The van der Waals surface area contributed by atoms with E-state index in [0.717, 1.165) is 27.2 Å². The van der Waals surface area contributed by atoms with Gasteiger partial charge in [-0.25, -0.2) is 0 Å². The maximum absolute atomic E-state index is 5.85. The van der Waals surface area contributed by atoms with Gasteiger partial charge in [-0.15, -0.1) is 0 Å². The second-order valence-corrected chi connectivity index (χ2v) is 4.71. The van der Waals surface area contributed by atoms with E-state index in [-0.39, 0.29) is 0 Å². The van der Waals surface area contributed by atoms with Crippen molar-refractivity contribution in [2.24, 2.45) is 0 Å². The second kappa shape index (κ2) is 5.29. The van der Waals surface area contributed by atoms with E-state index in [1.165, 1.54) is 0 Å². The fourth-order valence-corrected chi connectivity index (χ4v) is 2.02. The maximum atomic E-state index is 5.85. The third-order valence-electron chi connectivity index (χ3n) is 2.89. The van der Waals surface area contributed by atoms with Gasteiger partial charge in [0.15, 0.2) is 0 Å². The van der Waals surface area contributed by atoms with Gasteiger partial charge in [0.2, 0.25) is 0 Å². The van der Waals surface area contributed by atoms with Crippen molar-refractivity contribution in [1.29, 1.82) is 0 Å². The van der Waals surface area contributed by atoms with E-state index in [4.69, 9.17) is 16.3 Å². The maximum Gasteiger partial charge on any atom is 0.120 e. The van der Waals surface area contributed by atoms with Gasteiger partial charge in [-0.3, -0.25) is 4.98 Å². The molecule has 2 aromatic carbocycles. The molecule has 2 nitrogen and oxygen atoms in total. The van der Waals surface area contributed by atoms with Gasteiger partial charge in [-0.2, -0.15) is 0 Å². The van der Waals surface area contributed by atoms with E-state index >= 15 is 0 Å². The van der Waals surface area contributed by atoms with Crippen LogP contribution in [0.1, 0.15) is 5.56 Å². The number of aromatic nitrogens is 1. The Morgan fingerprint density at radius 1 is 1.00 bits per heavy atom. The van der Waals surface area contributed by atoms with Crippen molar-refractivity contribution in [3.05, 3.63) is 71.4 Å². The van der Waals surface area contributed by atoms with Gasteiger partial charge >= 0.3 is 0 Å². The number of hydrogen-bond acceptors (Lipinski definition) is 2. The zero-order valence-electron chi connectivity index (χ0n) is 10.2. The molecule has 0 radical (unpaired) electrons. The van der Waals surface area contributed by atoms with Gasteiger partial charge in [0.05, 0.1) is 5.52 Å². The monoisotopic (exact) mass is 269 g/mol. The number of fused-ring (bicyclic) bond motifs is 1. The standard InChI is InChI=1S/C16H12ClNO/c17-14-5-3-12(4-6-14)11-19-15-7-8-16-13(10-15)2-1-9-18-16/h1-10H,11H2. The number of benzene rings is 2. The molecule has 0 amide bonds. The molecule has 0 aliphatic carbocycles. The quantitative estimate of drug-likeness (QED) is 0.700. The second-order valence-electron chi connectivity index (χ2n) is 4.27. The molecule has 0 aliphatic heterocycles. The first-order chi connectivity index (χ1) is 9.31. The fraction of sp³-hybridized carbons (Fsp3) is 0.0625. The number of nitrogens with zero attached hydrogens (tertiary/aromatic N) is 1. The number of pyridine rings is 1. The van der Waals surface area contributed by atoms with E-state index in [9.17, 15) is 0 Å². The number of hydrogen-bond donors (Lipinski definition) is 0. The highest BCUT2D eigenvalue weighted by molar-refractivity contribution is 6.30. The molecule has 0 saturated heterocycles. The minimum absolute atomic E-state index is 0.531. The fourth-order valence-electron chi connectivity index (χ4n) is 1.89. The predicted octanol–water partition coefficient (Wildman–Crippen LogP) is 4.47. The molecule has 94 valence electrons. The number of rotatable bonds is 3. The Labute approximate surface area is 116 Å². The first kappa shape index (κ1) is 12.0. The summed E-state index contributed by atoms with van der Waals surface area (Å²) < 4.78 is 5.77. The zero-order valence-corrected chi connectivity index (χ0v) is 11.0. The third-order valence-corrected chi connectivity index (χ3v) is 3.15. The van der Waals surface area contributed by atoms with Crippen molar-refractivity contribution in [3.63, 3.8) is 0 Å². The first-order valence-electron chi connectivity index (χ1n) is 6.03. The van der Waals surface area contributed by atoms with Crippen LogP contribution in [-0.4, -0.2) is 4.98 Å². The van der Waals surface area contributed by atoms with E-state index in [1.807, 2.05) is 54.6 Å². The smallest absolute Gasteiger partial charge is 0.120 e. The van der Waals surface area contributed by atoms with E-state index in [0.29, 0.717) is 6.61 Å². The molecule has 0 bridgehead atoms. The van der Waals surface area contributed by atoms with Gasteiger partial charge in [-0.1, -0.05) is 29.8 Å². The molecule has 0 aliphatic rings. The van der Waals surface area contributed by atoms with Crippen molar-refractivity contribution >= 4 is 22.5 Å². The molecule has 0 N–H and O–H groups in total. The van der Waals surface area contributed by atoms with Crippen LogP contribution in [0, 0.1) is 0 Å². The topological polar surface area (TPSA) is 22.1 Å². The highest BCUT2D eigenvalue weighted by Gasteiger charge is 1.99. The van der Waals surface area contributed by atoms with Crippen LogP contribution in [0.3, 0.4) is 0 Å². The van der Waals surface area contributed by atoms with Crippen molar-refractivity contribution in [3.8, 4) is 5.75 Å². The lowest BCUT2D eigenvalue weighted by atomic mass is 10.2. The summed E-state index contributed by atoms with van der Waals surface area (Å²) in [6.45, 7) is 0.531. The van der Waals surface area contributed by atoms with Gasteiger partial charge in [0.1, 0.15) is 12.4 Å².